The van der Waals surface area contributed by atoms with E-state index in [4.69, 9.17) is 44.0 Å². The van der Waals surface area contributed by atoms with E-state index in [2.05, 4.69) is 36.8 Å². The first-order valence-corrected chi connectivity index (χ1v) is 17.3. The minimum absolute atomic E-state index is 0.0607. The molecule has 12 heteroatoms. The molecule has 202 valence electrons. The molecule has 0 spiro atoms. The summed E-state index contributed by atoms with van der Waals surface area (Å²) in [5.74, 6) is 0.0991. The Bertz CT molecular complexity index is 1320. The van der Waals surface area contributed by atoms with Gasteiger partial charge in [-0.1, -0.05) is 61.6 Å². The van der Waals surface area contributed by atoms with Gasteiger partial charge in [-0.25, -0.2) is 8.42 Å². The first kappa shape index (κ1) is 30.1. The lowest BCUT2D eigenvalue weighted by Crippen LogP contribution is -2.44. The first-order chi connectivity index (χ1) is 17.2. The maximum atomic E-state index is 14.0. The van der Waals surface area contributed by atoms with Gasteiger partial charge in [0.2, 0.25) is 10.0 Å². The molecule has 0 aliphatic carbocycles. The molecule has 0 amide bonds. The van der Waals surface area contributed by atoms with E-state index >= 15 is 0 Å². The summed E-state index contributed by atoms with van der Waals surface area (Å²) in [6.07, 6.45) is 1.43. The van der Waals surface area contributed by atoms with Crippen molar-refractivity contribution in [2.45, 2.75) is 62.7 Å². The SMILES string of the molecule is COC[C@@H]1CCCN1S(=O)(=O)c1c(Cl)ccc(N=C=Nc2cccc(Cl)c2Cl)c1O[Si](C)(C)C(C)(C)C. The zero-order chi connectivity index (χ0) is 27.6. The van der Waals surface area contributed by atoms with Gasteiger partial charge in [-0.3, -0.25) is 0 Å². The van der Waals surface area contributed by atoms with Crippen molar-refractivity contribution in [2.24, 2.45) is 9.98 Å². The Morgan fingerprint density at radius 3 is 2.41 bits per heavy atom. The molecule has 0 saturated carbocycles. The summed E-state index contributed by atoms with van der Waals surface area (Å²) in [6, 6.07) is 10.5. The lowest BCUT2D eigenvalue weighted by Gasteiger charge is -2.37. The number of nitrogens with zero attached hydrogens (tertiary/aromatic N) is 3. The van der Waals surface area contributed by atoms with E-state index in [-0.39, 0.29) is 37.5 Å². The predicted octanol–water partition coefficient (Wildman–Crippen LogP) is 7.97. The van der Waals surface area contributed by atoms with Crippen LogP contribution in [0, 0.1) is 0 Å². The van der Waals surface area contributed by atoms with Crippen molar-refractivity contribution in [1.82, 2.24) is 4.31 Å². The van der Waals surface area contributed by atoms with E-state index < -0.39 is 18.3 Å². The fourth-order valence-electron chi connectivity index (χ4n) is 3.68. The molecular weight excluding hydrogens is 573 g/mol. The summed E-state index contributed by atoms with van der Waals surface area (Å²) in [4.78, 5) is 8.43. The number of rotatable bonds is 8. The number of hydrogen-bond acceptors (Lipinski definition) is 6. The number of benzene rings is 2. The number of halogens is 3. The monoisotopic (exact) mass is 603 g/mol. The van der Waals surface area contributed by atoms with Crippen LogP contribution in [0.1, 0.15) is 33.6 Å². The Morgan fingerprint density at radius 1 is 1.08 bits per heavy atom. The molecule has 1 heterocycles. The Morgan fingerprint density at radius 2 is 1.76 bits per heavy atom. The van der Waals surface area contributed by atoms with Crippen LogP contribution in [0.4, 0.5) is 11.4 Å². The van der Waals surface area contributed by atoms with E-state index in [1.165, 1.54) is 10.4 Å². The number of aliphatic imine (C=N–C) groups is 2. The van der Waals surface area contributed by atoms with Crippen LogP contribution in [-0.4, -0.2) is 53.4 Å². The molecular formula is C25H32Cl3N3O4SSi. The van der Waals surface area contributed by atoms with Crippen molar-refractivity contribution >= 4 is 70.5 Å². The Balaban J connectivity index is 2.21. The molecule has 1 atom stereocenters. The topological polar surface area (TPSA) is 80.6 Å². The van der Waals surface area contributed by atoms with Gasteiger partial charge in [-0.2, -0.15) is 14.3 Å². The van der Waals surface area contributed by atoms with Crippen LogP contribution in [0.25, 0.3) is 0 Å². The molecule has 1 saturated heterocycles. The molecule has 0 unspecified atom stereocenters. The highest BCUT2D eigenvalue weighted by atomic mass is 35.5. The molecule has 7 nitrogen and oxygen atoms in total. The summed E-state index contributed by atoms with van der Waals surface area (Å²) < 4.78 is 41.4. The molecule has 0 N–H and O–H groups in total. The van der Waals surface area contributed by atoms with E-state index in [0.717, 1.165) is 6.42 Å². The van der Waals surface area contributed by atoms with Crippen LogP contribution in [0.2, 0.25) is 33.2 Å². The van der Waals surface area contributed by atoms with Crippen molar-refractivity contribution in [1.29, 1.82) is 0 Å². The highest BCUT2D eigenvalue weighted by Gasteiger charge is 2.43. The molecule has 2 aromatic rings. The molecule has 3 rings (SSSR count). The van der Waals surface area contributed by atoms with E-state index in [1.54, 1.807) is 31.4 Å². The predicted molar refractivity (Wildman–Crippen MR) is 154 cm³/mol. The molecule has 1 fully saturated rings. The molecule has 2 aromatic carbocycles. The van der Waals surface area contributed by atoms with Gasteiger partial charge in [0.15, 0.2) is 5.75 Å². The zero-order valence-electron chi connectivity index (χ0n) is 21.8. The standard InChI is InChI=1S/C25H32Cl3N3O4SSi/c1-25(2,3)37(5,6)35-23-21(30-16-29-20-11-7-10-18(26)22(20)28)13-12-19(27)24(23)36(32,33)31-14-8-9-17(31)15-34-4/h7,10-13,17H,8-9,14-15H2,1-6H3/t17-/m0/s1. The third-order valence-corrected chi connectivity index (χ3v) is 14.3. The Labute approximate surface area is 235 Å². The van der Waals surface area contributed by atoms with Gasteiger partial charge in [0.1, 0.15) is 16.6 Å². The molecule has 1 aliphatic rings. The average Bonchev–Trinajstić information content (AvgIpc) is 3.26. The number of sulfonamides is 1. The fraction of sp³-hybridized carbons (Fsp3) is 0.480. The third kappa shape index (κ3) is 6.60. The van der Waals surface area contributed by atoms with Gasteiger partial charge < -0.3 is 9.16 Å². The molecule has 1 aliphatic heterocycles. The highest BCUT2D eigenvalue weighted by molar-refractivity contribution is 7.89. The second kappa shape index (κ2) is 11.8. The van der Waals surface area contributed by atoms with Crippen LogP contribution in [0.5, 0.6) is 5.75 Å². The number of hydrogen-bond donors (Lipinski definition) is 0. The largest absolute Gasteiger partial charge is 0.541 e. The van der Waals surface area contributed by atoms with Gasteiger partial charge in [0, 0.05) is 19.7 Å². The van der Waals surface area contributed by atoms with Crippen molar-refractivity contribution in [2.75, 3.05) is 20.3 Å². The van der Waals surface area contributed by atoms with Gasteiger partial charge in [0.25, 0.3) is 8.32 Å². The normalized spacial score (nSPS) is 16.9. The van der Waals surface area contributed by atoms with Crippen LogP contribution < -0.4 is 4.43 Å². The van der Waals surface area contributed by atoms with E-state index in [1.807, 2.05) is 13.1 Å². The fourth-order valence-corrected chi connectivity index (χ4v) is 7.41. The molecule has 0 radical (unpaired) electrons. The average molecular weight is 605 g/mol. The van der Waals surface area contributed by atoms with Gasteiger partial charge in [-0.15, -0.1) is 0 Å². The van der Waals surface area contributed by atoms with Crippen LogP contribution in [0.15, 0.2) is 45.2 Å². The summed E-state index contributed by atoms with van der Waals surface area (Å²) in [5, 5.41) is 0.460. The minimum Gasteiger partial charge on any atom is -0.541 e. The second-order valence-corrected chi connectivity index (χ2v) is 18.1. The van der Waals surface area contributed by atoms with Crippen molar-refractivity contribution < 1.29 is 17.6 Å². The van der Waals surface area contributed by atoms with Crippen LogP contribution in [-0.2, 0) is 14.8 Å². The van der Waals surface area contributed by atoms with Crippen molar-refractivity contribution in [3.63, 3.8) is 0 Å². The smallest absolute Gasteiger partial charge is 0.250 e. The molecule has 0 aromatic heterocycles. The Kier molecular flexibility index (Phi) is 9.57. The summed E-state index contributed by atoms with van der Waals surface area (Å²) in [6.45, 7) is 10.9. The highest BCUT2D eigenvalue weighted by Crippen LogP contribution is 2.46. The lowest BCUT2D eigenvalue weighted by molar-refractivity contribution is 0.149. The van der Waals surface area contributed by atoms with Crippen molar-refractivity contribution in [3.8, 4) is 5.75 Å². The number of ether oxygens (including phenoxy) is 1. The zero-order valence-corrected chi connectivity index (χ0v) is 25.9. The maximum absolute atomic E-state index is 14.0. The third-order valence-electron chi connectivity index (χ3n) is 6.73. The molecule has 37 heavy (non-hydrogen) atoms. The quantitative estimate of drug-likeness (QED) is 0.226. The number of methoxy groups -OCH3 is 1. The van der Waals surface area contributed by atoms with Crippen LogP contribution >= 0.6 is 34.8 Å². The first-order valence-electron chi connectivity index (χ1n) is 11.8. The van der Waals surface area contributed by atoms with Crippen LogP contribution in [0.3, 0.4) is 0 Å². The van der Waals surface area contributed by atoms with E-state index in [9.17, 15) is 8.42 Å². The molecule has 0 bridgehead atoms. The summed E-state index contributed by atoms with van der Waals surface area (Å²) in [5.41, 5.74) is 0.628. The van der Waals surface area contributed by atoms with E-state index in [0.29, 0.717) is 30.3 Å². The van der Waals surface area contributed by atoms with Crippen molar-refractivity contribution in [3.05, 3.63) is 45.4 Å². The minimum atomic E-state index is -4.04. The maximum Gasteiger partial charge on any atom is 0.250 e. The van der Waals surface area contributed by atoms with Gasteiger partial charge >= 0.3 is 0 Å². The second-order valence-electron chi connectivity index (χ2n) is 10.4. The summed E-state index contributed by atoms with van der Waals surface area (Å²) >= 11 is 18.9. The lowest BCUT2D eigenvalue weighted by atomic mass is 10.2. The summed E-state index contributed by atoms with van der Waals surface area (Å²) in [7, 11) is -5.01. The Hall–Kier alpha value is -1.42. The van der Waals surface area contributed by atoms with Gasteiger partial charge in [-0.05, 0) is 55.2 Å². The van der Waals surface area contributed by atoms with Gasteiger partial charge in [0.05, 0.1) is 27.4 Å².